The van der Waals surface area contributed by atoms with Gasteiger partial charge in [0.25, 0.3) is 0 Å². The summed E-state index contributed by atoms with van der Waals surface area (Å²) in [6.07, 6.45) is 2.55. The quantitative estimate of drug-likeness (QED) is 0.735. The van der Waals surface area contributed by atoms with Crippen molar-refractivity contribution >= 4 is 17.7 Å². The highest BCUT2D eigenvalue weighted by Gasteiger charge is 2.23. The van der Waals surface area contributed by atoms with Crippen molar-refractivity contribution in [1.29, 1.82) is 0 Å². The average molecular weight is 275 g/mol. The summed E-state index contributed by atoms with van der Waals surface area (Å²) >= 11 is 1.81. The number of nitrogens with one attached hydrogen (secondary N) is 1. The lowest BCUT2D eigenvalue weighted by molar-refractivity contribution is -0.123. The number of nitrogens with zero attached hydrogens (tertiary/aromatic N) is 1. The SMILES string of the molecule is CSCC(C)N(C)C(CN)CC(=O)NC(C)(C)C. The predicted octanol–water partition coefficient (Wildman–Crippen LogP) is 1.30. The first-order chi connectivity index (χ1) is 8.21. The monoisotopic (exact) mass is 275 g/mol. The number of thioether (sulfide) groups is 1. The summed E-state index contributed by atoms with van der Waals surface area (Å²) in [5, 5.41) is 2.98. The van der Waals surface area contributed by atoms with Crippen LogP contribution in [0, 0.1) is 0 Å². The van der Waals surface area contributed by atoms with E-state index in [2.05, 4.69) is 23.4 Å². The fraction of sp³-hybridized carbons (Fsp3) is 0.923. The minimum Gasteiger partial charge on any atom is -0.351 e. The van der Waals surface area contributed by atoms with Crippen molar-refractivity contribution < 1.29 is 4.79 Å². The average Bonchev–Trinajstić information content (AvgIpc) is 2.22. The van der Waals surface area contributed by atoms with E-state index in [1.807, 2.05) is 39.6 Å². The lowest BCUT2D eigenvalue weighted by Gasteiger charge is -2.32. The first-order valence-corrected chi connectivity index (χ1v) is 7.82. The smallest absolute Gasteiger partial charge is 0.222 e. The largest absolute Gasteiger partial charge is 0.351 e. The van der Waals surface area contributed by atoms with E-state index in [4.69, 9.17) is 5.73 Å². The summed E-state index contributed by atoms with van der Waals surface area (Å²) in [7, 11) is 2.04. The molecule has 0 saturated carbocycles. The van der Waals surface area contributed by atoms with Crippen molar-refractivity contribution in [1.82, 2.24) is 10.2 Å². The third kappa shape index (κ3) is 7.24. The second-order valence-electron chi connectivity index (χ2n) is 5.86. The Morgan fingerprint density at radius 2 is 2.00 bits per heavy atom. The van der Waals surface area contributed by atoms with Gasteiger partial charge in [0.2, 0.25) is 5.91 Å². The molecule has 0 rings (SSSR count). The highest BCUT2D eigenvalue weighted by Crippen LogP contribution is 2.10. The van der Waals surface area contributed by atoms with Gasteiger partial charge in [-0.3, -0.25) is 9.69 Å². The number of nitrogens with two attached hydrogens (primary N) is 1. The normalized spacial score (nSPS) is 15.6. The maximum atomic E-state index is 11.9. The lowest BCUT2D eigenvalue weighted by atomic mass is 10.1. The maximum absolute atomic E-state index is 11.9. The predicted molar refractivity (Wildman–Crippen MR) is 81.0 cm³/mol. The highest BCUT2D eigenvalue weighted by molar-refractivity contribution is 7.98. The molecule has 0 aromatic heterocycles. The van der Waals surface area contributed by atoms with Gasteiger partial charge in [0.15, 0.2) is 0 Å². The van der Waals surface area contributed by atoms with Gasteiger partial charge < -0.3 is 11.1 Å². The molecule has 0 bridgehead atoms. The molecule has 0 saturated heterocycles. The summed E-state index contributed by atoms with van der Waals surface area (Å²) in [6, 6.07) is 0.533. The summed E-state index contributed by atoms with van der Waals surface area (Å²) in [4.78, 5) is 14.1. The number of hydrogen-bond acceptors (Lipinski definition) is 4. The minimum absolute atomic E-state index is 0.0705. The van der Waals surface area contributed by atoms with Gasteiger partial charge in [0.05, 0.1) is 0 Å². The summed E-state index contributed by atoms with van der Waals surface area (Å²) < 4.78 is 0. The van der Waals surface area contributed by atoms with Crippen LogP contribution < -0.4 is 11.1 Å². The van der Waals surface area contributed by atoms with Crippen LogP contribution in [0.3, 0.4) is 0 Å². The van der Waals surface area contributed by atoms with Gasteiger partial charge in [-0.15, -0.1) is 0 Å². The van der Waals surface area contributed by atoms with Crippen LogP contribution in [0.1, 0.15) is 34.1 Å². The first kappa shape index (κ1) is 17.7. The van der Waals surface area contributed by atoms with Crippen LogP contribution in [0.15, 0.2) is 0 Å². The van der Waals surface area contributed by atoms with Crippen molar-refractivity contribution in [3.8, 4) is 0 Å². The van der Waals surface area contributed by atoms with Gasteiger partial charge in [-0.25, -0.2) is 0 Å². The molecular weight excluding hydrogens is 246 g/mol. The molecule has 4 nitrogen and oxygen atoms in total. The molecule has 0 aromatic rings. The van der Waals surface area contributed by atoms with E-state index < -0.39 is 0 Å². The van der Waals surface area contributed by atoms with Gasteiger partial charge in [0, 0.05) is 36.3 Å². The van der Waals surface area contributed by atoms with Crippen LogP contribution in [0.5, 0.6) is 0 Å². The Kier molecular flexibility index (Phi) is 7.90. The van der Waals surface area contributed by atoms with Crippen LogP contribution in [-0.4, -0.2) is 54.0 Å². The summed E-state index contributed by atoms with van der Waals surface area (Å²) in [5.74, 6) is 1.12. The van der Waals surface area contributed by atoms with Crippen molar-refractivity contribution in [3.63, 3.8) is 0 Å². The van der Waals surface area contributed by atoms with Crippen LogP contribution in [0.4, 0.5) is 0 Å². The zero-order chi connectivity index (χ0) is 14.3. The fourth-order valence-electron chi connectivity index (χ4n) is 1.80. The standard InChI is InChI=1S/C13H29N3OS/c1-10(9-18-6)16(5)11(8-14)7-12(17)15-13(2,3)4/h10-11H,7-9,14H2,1-6H3,(H,15,17). The number of rotatable bonds is 7. The highest BCUT2D eigenvalue weighted by atomic mass is 32.2. The number of amides is 1. The van der Waals surface area contributed by atoms with Crippen LogP contribution in [0.25, 0.3) is 0 Å². The van der Waals surface area contributed by atoms with E-state index >= 15 is 0 Å². The van der Waals surface area contributed by atoms with Gasteiger partial charge >= 0.3 is 0 Å². The molecule has 2 atom stereocenters. The minimum atomic E-state index is -0.181. The number of carbonyl (C=O) groups excluding carboxylic acids is 1. The van der Waals surface area contributed by atoms with Gasteiger partial charge in [-0.2, -0.15) is 11.8 Å². The molecular formula is C13H29N3OS. The fourth-order valence-corrected chi connectivity index (χ4v) is 2.51. The third-order valence-corrected chi connectivity index (χ3v) is 3.70. The van der Waals surface area contributed by atoms with Gasteiger partial charge in [0.1, 0.15) is 0 Å². The third-order valence-electron chi connectivity index (χ3n) is 2.89. The number of hydrogen-bond donors (Lipinski definition) is 2. The van der Waals surface area contributed by atoms with Crippen LogP contribution in [0.2, 0.25) is 0 Å². The van der Waals surface area contributed by atoms with E-state index in [9.17, 15) is 4.79 Å². The van der Waals surface area contributed by atoms with Crippen molar-refractivity contribution in [2.24, 2.45) is 5.73 Å². The molecule has 18 heavy (non-hydrogen) atoms. The molecule has 0 radical (unpaired) electrons. The molecule has 0 aromatic carbocycles. The van der Waals surface area contributed by atoms with Crippen molar-refractivity contribution in [2.75, 3.05) is 25.6 Å². The number of likely N-dealkylation sites (N-methyl/N-ethyl adjacent to an activating group) is 1. The molecule has 0 aliphatic heterocycles. The molecule has 3 N–H and O–H groups in total. The molecule has 2 unspecified atom stereocenters. The Labute approximate surface area is 116 Å². The lowest BCUT2D eigenvalue weighted by Crippen LogP contribution is -2.49. The van der Waals surface area contributed by atoms with E-state index in [0.717, 1.165) is 5.75 Å². The molecule has 0 aliphatic rings. The van der Waals surface area contributed by atoms with Crippen LogP contribution in [-0.2, 0) is 4.79 Å². The second kappa shape index (κ2) is 8.02. The Balaban J connectivity index is 4.37. The van der Waals surface area contributed by atoms with E-state index in [-0.39, 0.29) is 17.5 Å². The zero-order valence-electron chi connectivity index (χ0n) is 12.6. The van der Waals surface area contributed by atoms with Crippen molar-refractivity contribution in [3.05, 3.63) is 0 Å². The molecule has 0 fully saturated rings. The van der Waals surface area contributed by atoms with Crippen molar-refractivity contribution in [2.45, 2.75) is 51.7 Å². The Hall–Kier alpha value is -0.260. The Morgan fingerprint density at radius 3 is 2.39 bits per heavy atom. The van der Waals surface area contributed by atoms with E-state index in [1.165, 1.54) is 0 Å². The molecule has 5 heteroatoms. The zero-order valence-corrected chi connectivity index (χ0v) is 13.4. The maximum Gasteiger partial charge on any atom is 0.222 e. The van der Waals surface area contributed by atoms with Gasteiger partial charge in [-0.1, -0.05) is 0 Å². The first-order valence-electron chi connectivity index (χ1n) is 6.43. The van der Waals surface area contributed by atoms with Gasteiger partial charge in [-0.05, 0) is 41.0 Å². The molecule has 0 spiro atoms. The second-order valence-corrected chi connectivity index (χ2v) is 6.77. The topological polar surface area (TPSA) is 58.4 Å². The summed E-state index contributed by atoms with van der Waals surface area (Å²) in [6.45, 7) is 8.64. The van der Waals surface area contributed by atoms with E-state index in [1.54, 1.807) is 0 Å². The Morgan fingerprint density at radius 1 is 1.44 bits per heavy atom. The molecule has 0 aliphatic carbocycles. The molecule has 0 heterocycles. The number of carbonyl (C=O) groups is 1. The molecule has 108 valence electrons. The summed E-state index contributed by atoms with van der Waals surface area (Å²) in [5.41, 5.74) is 5.61. The van der Waals surface area contributed by atoms with E-state index in [0.29, 0.717) is 19.0 Å². The molecule has 1 amide bonds. The Bertz CT molecular complexity index is 253. The van der Waals surface area contributed by atoms with Crippen LogP contribution >= 0.6 is 11.8 Å².